The van der Waals surface area contributed by atoms with Gasteiger partial charge in [-0.3, -0.25) is 14.7 Å². The van der Waals surface area contributed by atoms with Gasteiger partial charge in [0, 0.05) is 42.2 Å². The number of aromatic nitrogens is 1. The average Bonchev–Trinajstić information content (AvgIpc) is 2.56. The molecule has 0 saturated carbocycles. The van der Waals surface area contributed by atoms with Crippen molar-refractivity contribution in [1.29, 1.82) is 0 Å². The van der Waals surface area contributed by atoms with Crippen molar-refractivity contribution in [1.82, 2.24) is 9.88 Å². The Bertz CT molecular complexity index is 808. The first-order valence-corrected chi connectivity index (χ1v) is 7.53. The van der Waals surface area contributed by atoms with E-state index in [1.165, 1.54) is 24.3 Å². The van der Waals surface area contributed by atoms with E-state index in [2.05, 4.69) is 4.98 Å². The van der Waals surface area contributed by atoms with Gasteiger partial charge in [-0.1, -0.05) is 6.07 Å². The third-order valence-electron chi connectivity index (χ3n) is 3.83. The highest BCUT2D eigenvalue weighted by Gasteiger charge is 2.24. The number of likely N-dealkylation sites (tertiary alicyclic amines) is 1. The summed E-state index contributed by atoms with van der Waals surface area (Å²) in [5.74, 6) is -1.54. The highest BCUT2D eigenvalue weighted by Crippen LogP contribution is 2.23. The Kier molecular flexibility index (Phi) is 4.62. The minimum atomic E-state index is -0.678. The number of piperidine rings is 1. The highest BCUT2D eigenvalue weighted by molar-refractivity contribution is 6.14. The van der Waals surface area contributed by atoms with Crippen molar-refractivity contribution < 1.29 is 13.6 Å². The molecule has 0 radical (unpaired) electrons. The van der Waals surface area contributed by atoms with Crippen LogP contribution in [0.3, 0.4) is 0 Å². The lowest BCUT2D eigenvalue weighted by Gasteiger charge is -2.26. The Hall–Kier alpha value is -2.66. The molecule has 1 saturated heterocycles. The second-order valence-corrected chi connectivity index (χ2v) is 5.76. The predicted molar refractivity (Wildman–Crippen MR) is 89.1 cm³/mol. The van der Waals surface area contributed by atoms with Crippen molar-refractivity contribution in [3.05, 3.63) is 76.6 Å². The first kappa shape index (κ1) is 16.2. The molecule has 24 heavy (non-hydrogen) atoms. The van der Waals surface area contributed by atoms with Crippen LogP contribution in [0.5, 0.6) is 0 Å². The molecule has 1 aromatic carbocycles. The van der Waals surface area contributed by atoms with Gasteiger partial charge in [-0.25, -0.2) is 8.78 Å². The molecule has 0 bridgehead atoms. The predicted octanol–water partition coefficient (Wildman–Crippen LogP) is 3.34. The number of pyridine rings is 1. The zero-order valence-electron chi connectivity index (χ0n) is 13.2. The van der Waals surface area contributed by atoms with Crippen LogP contribution < -0.4 is 0 Å². The maximum Gasteiger partial charge on any atom is 0.187 e. The molecule has 0 N–H and O–H groups in total. The van der Waals surface area contributed by atoms with Crippen molar-refractivity contribution in [3.63, 3.8) is 0 Å². The topological polar surface area (TPSA) is 33.2 Å². The van der Waals surface area contributed by atoms with E-state index >= 15 is 0 Å². The Labute approximate surface area is 138 Å². The van der Waals surface area contributed by atoms with Crippen molar-refractivity contribution >= 4 is 17.9 Å². The van der Waals surface area contributed by atoms with Gasteiger partial charge >= 0.3 is 0 Å². The summed E-state index contributed by atoms with van der Waals surface area (Å²) in [4.78, 5) is 18.6. The second kappa shape index (κ2) is 6.84. The van der Waals surface area contributed by atoms with Crippen LogP contribution in [-0.4, -0.2) is 35.8 Å². The smallest absolute Gasteiger partial charge is 0.187 e. The van der Waals surface area contributed by atoms with E-state index in [1.54, 1.807) is 30.6 Å². The fourth-order valence-electron chi connectivity index (χ4n) is 2.69. The fraction of sp³-hybridized carbons (Fsp3) is 0.158. The highest BCUT2D eigenvalue weighted by atomic mass is 19.1. The van der Waals surface area contributed by atoms with Gasteiger partial charge in [-0.2, -0.15) is 0 Å². The molecule has 1 aliphatic rings. The van der Waals surface area contributed by atoms with Crippen molar-refractivity contribution in [3.8, 4) is 0 Å². The van der Waals surface area contributed by atoms with Gasteiger partial charge in [0.15, 0.2) is 5.78 Å². The van der Waals surface area contributed by atoms with Crippen LogP contribution in [0.2, 0.25) is 0 Å². The van der Waals surface area contributed by atoms with Crippen LogP contribution in [0.4, 0.5) is 8.78 Å². The number of hydrogen-bond donors (Lipinski definition) is 0. The van der Waals surface area contributed by atoms with Crippen molar-refractivity contribution in [2.24, 2.45) is 0 Å². The lowest BCUT2D eigenvalue weighted by atomic mass is 9.94. The quantitative estimate of drug-likeness (QED) is 0.794. The SMILES string of the molecule is CN1CC(=Cc2ccncc2)C(=O)/C(=C/c2c(F)cccc2F)C1. The van der Waals surface area contributed by atoms with E-state index < -0.39 is 11.6 Å². The lowest BCUT2D eigenvalue weighted by Crippen LogP contribution is -2.34. The minimum Gasteiger partial charge on any atom is -0.298 e. The zero-order chi connectivity index (χ0) is 17.1. The van der Waals surface area contributed by atoms with E-state index in [9.17, 15) is 13.6 Å². The van der Waals surface area contributed by atoms with Gasteiger partial charge in [-0.05, 0) is 49.0 Å². The molecule has 0 aliphatic carbocycles. The van der Waals surface area contributed by atoms with E-state index in [-0.39, 0.29) is 11.3 Å². The molecule has 3 rings (SSSR count). The third-order valence-corrected chi connectivity index (χ3v) is 3.83. The first-order chi connectivity index (χ1) is 11.5. The van der Waals surface area contributed by atoms with Crippen LogP contribution in [0, 0.1) is 11.6 Å². The molecule has 0 amide bonds. The van der Waals surface area contributed by atoms with Gasteiger partial charge in [-0.15, -0.1) is 0 Å². The molecular weight excluding hydrogens is 310 g/mol. The van der Waals surface area contributed by atoms with Crippen molar-refractivity contribution in [2.45, 2.75) is 0 Å². The standard InChI is InChI=1S/C19H16F2N2O/c1-23-11-14(9-13-5-7-22-8-6-13)19(24)15(12-23)10-16-17(20)3-2-4-18(16)21/h2-10H,11-12H2,1H3/b14-9?,15-10+. The largest absolute Gasteiger partial charge is 0.298 e. The summed E-state index contributed by atoms with van der Waals surface area (Å²) in [5, 5.41) is 0. The molecule has 3 nitrogen and oxygen atoms in total. The number of carbonyl (C=O) groups excluding carboxylic acids is 1. The Morgan fingerprint density at radius 3 is 2.21 bits per heavy atom. The number of nitrogens with zero attached hydrogens (tertiary/aromatic N) is 2. The zero-order valence-corrected chi connectivity index (χ0v) is 13.2. The van der Waals surface area contributed by atoms with E-state index in [0.717, 1.165) is 5.56 Å². The summed E-state index contributed by atoms with van der Waals surface area (Å²) >= 11 is 0. The van der Waals surface area contributed by atoms with Gasteiger partial charge < -0.3 is 0 Å². The Morgan fingerprint density at radius 1 is 1.00 bits per heavy atom. The van der Waals surface area contributed by atoms with Gasteiger partial charge in [0.25, 0.3) is 0 Å². The number of ketones is 1. The summed E-state index contributed by atoms with van der Waals surface area (Å²) < 4.78 is 27.7. The number of benzene rings is 1. The Balaban J connectivity index is 1.99. The number of likely N-dealkylation sites (N-methyl/N-ethyl adjacent to an activating group) is 1. The van der Waals surface area contributed by atoms with Crippen molar-refractivity contribution in [2.75, 3.05) is 20.1 Å². The summed E-state index contributed by atoms with van der Waals surface area (Å²) in [6, 6.07) is 7.26. The number of carbonyl (C=O) groups is 1. The summed E-state index contributed by atoms with van der Waals surface area (Å²) in [5.41, 5.74) is 1.63. The molecule has 5 heteroatoms. The van der Waals surface area contributed by atoms with Crippen LogP contribution in [0.15, 0.2) is 53.9 Å². The van der Waals surface area contributed by atoms with Crippen LogP contribution >= 0.6 is 0 Å². The molecule has 2 aromatic rings. The molecule has 1 aromatic heterocycles. The summed E-state index contributed by atoms with van der Waals surface area (Å²) in [7, 11) is 1.86. The summed E-state index contributed by atoms with van der Waals surface area (Å²) in [6.45, 7) is 0.832. The van der Waals surface area contributed by atoms with E-state index in [4.69, 9.17) is 0 Å². The molecule has 122 valence electrons. The fourth-order valence-corrected chi connectivity index (χ4v) is 2.69. The van der Waals surface area contributed by atoms with Gasteiger partial charge in [0.05, 0.1) is 0 Å². The third kappa shape index (κ3) is 3.46. The van der Waals surface area contributed by atoms with Gasteiger partial charge in [0.1, 0.15) is 11.6 Å². The maximum absolute atomic E-state index is 13.8. The average molecular weight is 326 g/mol. The van der Waals surface area contributed by atoms with E-state index in [0.29, 0.717) is 24.2 Å². The van der Waals surface area contributed by atoms with Crippen LogP contribution in [0.25, 0.3) is 12.2 Å². The normalized spacial score (nSPS) is 19.2. The molecule has 0 atom stereocenters. The van der Waals surface area contributed by atoms with Crippen LogP contribution in [0.1, 0.15) is 11.1 Å². The van der Waals surface area contributed by atoms with Gasteiger partial charge in [0.2, 0.25) is 0 Å². The summed E-state index contributed by atoms with van der Waals surface area (Å²) in [6.07, 6.45) is 6.39. The number of hydrogen-bond acceptors (Lipinski definition) is 3. The van der Waals surface area contributed by atoms with E-state index in [1.807, 2.05) is 11.9 Å². The monoisotopic (exact) mass is 326 g/mol. The molecule has 1 fully saturated rings. The lowest BCUT2D eigenvalue weighted by molar-refractivity contribution is -0.113. The minimum absolute atomic E-state index is 0.181. The Morgan fingerprint density at radius 2 is 1.58 bits per heavy atom. The molecular formula is C19H16F2N2O. The number of halogens is 2. The molecule has 0 spiro atoms. The molecule has 1 aliphatic heterocycles. The number of rotatable bonds is 2. The molecule has 2 heterocycles. The molecule has 0 unspecified atom stereocenters. The maximum atomic E-state index is 13.8. The number of Topliss-reactive ketones (excluding diaryl/α,β-unsaturated/α-hetero) is 1. The second-order valence-electron chi connectivity index (χ2n) is 5.76. The first-order valence-electron chi connectivity index (χ1n) is 7.53. The van der Waals surface area contributed by atoms with Crippen LogP contribution in [-0.2, 0) is 4.79 Å².